The van der Waals surface area contributed by atoms with Gasteiger partial charge in [-0.2, -0.15) is 0 Å². The molecule has 1 amide bonds. The van der Waals surface area contributed by atoms with Crippen molar-refractivity contribution in [1.82, 2.24) is 9.97 Å². The van der Waals surface area contributed by atoms with Crippen LogP contribution in [-0.4, -0.2) is 15.9 Å². The molecule has 2 N–H and O–H groups in total. The lowest BCUT2D eigenvalue weighted by Crippen LogP contribution is -2.35. The molecular formula is C6H8N4O. The Labute approximate surface area is 63.8 Å². The monoisotopic (exact) mass is 152 g/mol. The zero-order chi connectivity index (χ0) is 8.27. The molecule has 5 nitrogen and oxygen atoms in total. The molecule has 0 bridgehead atoms. The number of amides is 1. The quantitative estimate of drug-likeness (QED) is 0.341. The van der Waals surface area contributed by atoms with Crippen molar-refractivity contribution in [3.05, 3.63) is 18.7 Å². The Morgan fingerprint density at radius 3 is 2.55 bits per heavy atom. The van der Waals surface area contributed by atoms with Crippen LogP contribution in [0.5, 0.6) is 0 Å². The molecule has 1 heterocycles. The minimum atomic E-state index is -0.250. The van der Waals surface area contributed by atoms with Crippen molar-refractivity contribution in [1.29, 1.82) is 0 Å². The molecular weight excluding hydrogens is 144 g/mol. The number of hydrazine groups is 1. The Kier molecular flexibility index (Phi) is 2.12. The van der Waals surface area contributed by atoms with Gasteiger partial charge in [0.05, 0.1) is 18.1 Å². The van der Waals surface area contributed by atoms with Gasteiger partial charge in [-0.1, -0.05) is 0 Å². The van der Waals surface area contributed by atoms with Crippen molar-refractivity contribution >= 4 is 11.6 Å². The largest absolute Gasteiger partial charge is 0.273 e. The van der Waals surface area contributed by atoms with Crippen molar-refractivity contribution < 1.29 is 4.79 Å². The van der Waals surface area contributed by atoms with E-state index in [2.05, 4.69) is 9.97 Å². The zero-order valence-corrected chi connectivity index (χ0v) is 6.06. The predicted molar refractivity (Wildman–Crippen MR) is 39.4 cm³/mol. The summed E-state index contributed by atoms with van der Waals surface area (Å²) in [4.78, 5) is 18.1. The Bertz CT molecular complexity index is 248. The van der Waals surface area contributed by atoms with Gasteiger partial charge in [0.15, 0.2) is 0 Å². The van der Waals surface area contributed by atoms with E-state index in [0.717, 1.165) is 5.01 Å². The number of anilines is 1. The van der Waals surface area contributed by atoms with Gasteiger partial charge in [0.1, 0.15) is 6.33 Å². The average molecular weight is 152 g/mol. The molecule has 0 aliphatic rings. The first-order valence-corrected chi connectivity index (χ1v) is 3.02. The SMILES string of the molecule is CC(=O)N(N)c1cncnc1. The van der Waals surface area contributed by atoms with Gasteiger partial charge < -0.3 is 0 Å². The van der Waals surface area contributed by atoms with Crippen molar-refractivity contribution in [2.45, 2.75) is 6.92 Å². The molecule has 1 rings (SSSR count). The van der Waals surface area contributed by atoms with Crippen LogP contribution in [0.1, 0.15) is 6.92 Å². The molecule has 0 aliphatic heterocycles. The van der Waals surface area contributed by atoms with Crippen molar-refractivity contribution in [3.8, 4) is 0 Å². The molecule has 1 aromatic rings. The number of carbonyl (C=O) groups excluding carboxylic acids is 1. The smallest absolute Gasteiger partial charge is 0.238 e. The van der Waals surface area contributed by atoms with Crippen LogP contribution in [0.25, 0.3) is 0 Å². The third-order valence-electron chi connectivity index (χ3n) is 1.16. The Morgan fingerprint density at radius 1 is 1.55 bits per heavy atom. The summed E-state index contributed by atoms with van der Waals surface area (Å²) in [6, 6.07) is 0. The lowest BCUT2D eigenvalue weighted by molar-refractivity contribution is -0.116. The number of hydrogen-bond donors (Lipinski definition) is 1. The minimum absolute atomic E-state index is 0.250. The van der Waals surface area contributed by atoms with E-state index in [1.54, 1.807) is 0 Å². The van der Waals surface area contributed by atoms with E-state index in [1.165, 1.54) is 25.6 Å². The molecule has 5 heteroatoms. The van der Waals surface area contributed by atoms with E-state index < -0.39 is 0 Å². The second kappa shape index (κ2) is 3.07. The Hall–Kier alpha value is -1.49. The maximum atomic E-state index is 10.7. The number of nitrogens with two attached hydrogens (primary N) is 1. The summed E-state index contributed by atoms with van der Waals surface area (Å²) in [5.41, 5.74) is 0.486. The number of nitrogens with zero attached hydrogens (tertiary/aromatic N) is 3. The molecule has 0 aliphatic carbocycles. The van der Waals surface area contributed by atoms with Gasteiger partial charge in [0.25, 0.3) is 0 Å². The van der Waals surface area contributed by atoms with Crippen LogP contribution in [0.15, 0.2) is 18.7 Å². The molecule has 0 spiro atoms. The van der Waals surface area contributed by atoms with Gasteiger partial charge in [-0.15, -0.1) is 0 Å². The highest BCUT2D eigenvalue weighted by Gasteiger charge is 2.04. The Morgan fingerprint density at radius 2 is 2.09 bits per heavy atom. The summed E-state index contributed by atoms with van der Waals surface area (Å²) in [5.74, 6) is 5.09. The third-order valence-corrected chi connectivity index (χ3v) is 1.16. The highest BCUT2D eigenvalue weighted by molar-refractivity contribution is 5.89. The van der Waals surface area contributed by atoms with Crippen LogP contribution < -0.4 is 10.9 Å². The Balaban J connectivity index is 2.85. The van der Waals surface area contributed by atoms with Crippen LogP contribution in [-0.2, 0) is 4.79 Å². The van der Waals surface area contributed by atoms with Gasteiger partial charge >= 0.3 is 0 Å². The molecule has 0 saturated carbocycles. The highest BCUT2D eigenvalue weighted by Crippen LogP contribution is 2.04. The second-order valence-corrected chi connectivity index (χ2v) is 1.99. The van der Waals surface area contributed by atoms with Crippen LogP contribution >= 0.6 is 0 Å². The van der Waals surface area contributed by atoms with Gasteiger partial charge in [-0.3, -0.25) is 4.79 Å². The van der Waals surface area contributed by atoms with E-state index in [4.69, 9.17) is 5.84 Å². The fourth-order valence-electron chi connectivity index (χ4n) is 0.597. The number of aromatic nitrogens is 2. The first-order chi connectivity index (χ1) is 5.22. The van der Waals surface area contributed by atoms with Crippen LogP contribution in [0.4, 0.5) is 5.69 Å². The zero-order valence-electron chi connectivity index (χ0n) is 6.06. The summed E-state index contributed by atoms with van der Waals surface area (Å²) in [5, 5.41) is 0.986. The first-order valence-electron chi connectivity index (χ1n) is 3.02. The topological polar surface area (TPSA) is 72.1 Å². The standard InChI is InChI=1S/C6H8N4O/c1-5(11)10(7)6-2-8-4-9-3-6/h2-4H,7H2,1H3. The second-order valence-electron chi connectivity index (χ2n) is 1.99. The normalized spacial score (nSPS) is 9.27. The molecule has 11 heavy (non-hydrogen) atoms. The predicted octanol–water partition coefficient (Wildman–Crippen LogP) is -0.297. The third kappa shape index (κ3) is 1.71. The number of carbonyl (C=O) groups is 1. The summed E-state index contributed by atoms with van der Waals surface area (Å²) in [7, 11) is 0. The maximum Gasteiger partial charge on any atom is 0.238 e. The molecule has 0 saturated heterocycles. The fourth-order valence-corrected chi connectivity index (χ4v) is 0.597. The van der Waals surface area contributed by atoms with Crippen molar-refractivity contribution in [3.63, 3.8) is 0 Å². The van der Waals surface area contributed by atoms with E-state index >= 15 is 0 Å². The molecule has 0 atom stereocenters. The van der Waals surface area contributed by atoms with Crippen LogP contribution in [0.3, 0.4) is 0 Å². The van der Waals surface area contributed by atoms with E-state index in [1.807, 2.05) is 0 Å². The first kappa shape index (κ1) is 7.62. The lowest BCUT2D eigenvalue weighted by atomic mass is 10.5. The van der Waals surface area contributed by atoms with Gasteiger partial charge in [0.2, 0.25) is 5.91 Å². The molecule has 1 aromatic heterocycles. The van der Waals surface area contributed by atoms with E-state index in [-0.39, 0.29) is 5.91 Å². The minimum Gasteiger partial charge on any atom is -0.273 e. The number of hydrogen-bond acceptors (Lipinski definition) is 4. The van der Waals surface area contributed by atoms with E-state index in [0.29, 0.717) is 5.69 Å². The summed E-state index contributed by atoms with van der Waals surface area (Å²) in [6.07, 6.45) is 4.31. The summed E-state index contributed by atoms with van der Waals surface area (Å²) in [6.45, 7) is 1.37. The molecule has 0 unspecified atom stereocenters. The molecule has 0 radical (unpaired) electrons. The fraction of sp³-hybridized carbons (Fsp3) is 0.167. The van der Waals surface area contributed by atoms with Crippen LogP contribution in [0.2, 0.25) is 0 Å². The van der Waals surface area contributed by atoms with E-state index in [9.17, 15) is 4.79 Å². The lowest BCUT2D eigenvalue weighted by Gasteiger charge is -2.11. The van der Waals surface area contributed by atoms with Gasteiger partial charge in [-0.25, -0.2) is 20.8 Å². The average Bonchev–Trinajstić information content (AvgIpc) is 2.05. The molecule has 0 fully saturated rings. The van der Waals surface area contributed by atoms with Gasteiger partial charge in [0, 0.05) is 6.92 Å². The molecule has 0 aromatic carbocycles. The maximum absolute atomic E-state index is 10.7. The molecule has 58 valence electrons. The van der Waals surface area contributed by atoms with Crippen molar-refractivity contribution in [2.24, 2.45) is 5.84 Å². The van der Waals surface area contributed by atoms with Crippen molar-refractivity contribution in [2.75, 3.05) is 5.01 Å². The number of rotatable bonds is 1. The highest BCUT2D eigenvalue weighted by atomic mass is 16.2. The van der Waals surface area contributed by atoms with Crippen LogP contribution in [0, 0.1) is 0 Å². The summed E-state index contributed by atoms with van der Waals surface area (Å²) < 4.78 is 0. The summed E-state index contributed by atoms with van der Waals surface area (Å²) >= 11 is 0. The van der Waals surface area contributed by atoms with Gasteiger partial charge in [-0.05, 0) is 0 Å².